The van der Waals surface area contributed by atoms with Gasteiger partial charge in [0.15, 0.2) is 11.5 Å². The van der Waals surface area contributed by atoms with E-state index in [1.807, 2.05) is 32.0 Å². The number of rotatable bonds is 4. The van der Waals surface area contributed by atoms with Crippen LogP contribution in [-0.2, 0) is 9.59 Å². The van der Waals surface area contributed by atoms with Gasteiger partial charge in [-0.2, -0.15) is 0 Å². The first-order valence-electron chi connectivity index (χ1n) is 10.1. The zero-order valence-corrected chi connectivity index (χ0v) is 18.2. The van der Waals surface area contributed by atoms with E-state index in [1.54, 1.807) is 42.5 Å². The molecule has 0 saturated heterocycles. The first-order valence-corrected chi connectivity index (χ1v) is 10.4. The van der Waals surface area contributed by atoms with E-state index in [0.29, 0.717) is 33.5 Å². The minimum absolute atomic E-state index is 0.146. The molecule has 6 nitrogen and oxygen atoms in total. The lowest BCUT2D eigenvalue weighted by atomic mass is 9.99. The van der Waals surface area contributed by atoms with Crippen LogP contribution in [0.4, 0.5) is 11.4 Å². The molecule has 0 spiro atoms. The Bertz CT molecular complexity index is 1320. The SMILES string of the molecule is Cc1ccc(C2=C(Nc3ccc4c(c3)OCO4)C(=O)N(c3ccccc3Cl)C2=O)cc1C. The molecule has 160 valence electrons. The Kier molecular flexibility index (Phi) is 4.87. The predicted molar refractivity (Wildman–Crippen MR) is 123 cm³/mol. The van der Waals surface area contributed by atoms with Crippen LogP contribution in [0, 0.1) is 13.8 Å². The van der Waals surface area contributed by atoms with Crippen molar-refractivity contribution in [1.82, 2.24) is 0 Å². The average molecular weight is 447 g/mol. The molecule has 2 heterocycles. The molecule has 0 radical (unpaired) electrons. The van der Waals surface area contributed by atoms with Crippen molar-refractivity contribution in [2.45, 2.75) is 13.8 Å². The molecule has 5 rings (SSSR count). The standard InChI is InChI=1S/C25H19ClN2O4/c1-14-7-8-16(11-15(14)2)22-23(27-17-9-10-20-21(12-17)32-13-31-20)25(30)28(24(22)29)19-6-4-3-5-18(19)26/h3-12,27H,13H2,1-2H3. The molecule has 7 heteroatoms. The fraction of sp³-hybridized carbons (Fsp3) is 0.120. The van der Waals surface area contributed by atoms with Crippen molar-refractivity contribution in [3.05, 3.63) is 88.1 Å². The molecule has 0 aromatic heterocycles. The van der Waals surface area contributed by atoms with E-state index in [4.69, 9.17) is 21.1 Å². The number of hydrogen-bond donors (Lipinski definition) is 1. The number of imide groups is 1. The summed E-state index contributed by atoms with van der Waals surface area (Å²) in [5.74, 6) is 0.289. The van der Waals surface area contributed by atoms with Gasteiger partial charge in [-0.3, -0.25) is 9.59 Å². The Morgan fingerprint density at radius 1 is 0.875 bits per heavy atom. The van der Waals surface area contributed by atoms with Gasteiger partial charge in [0.2, 0.25) is 6.79 Å². The third-order valence-corrected chi connectivity index (χ3v) is 5.93. The molecule has 0 aliphatic carbocycles. The molecular formula is C25H19ClN2O4. The number of carbonyl (C=O) groups is 2. The second kappa shape index (κ2) is 7.73. The Labute approximate surface area is 190 Å². The molecule has 3 aromatic rings. The predicted octanol–water partition coefficient (Wildman–Crippen LogP) is 5.08. The lowest BCUT2D eigenvalue weighted by Gasteiger charge is -2.16. The van der Waals surface area contributed by atoms with Crippen molar-refractivity contribution < 1.29 is 19.1 Å². The number of anilines is 2. The number of benzene rings is 3. The van der Waals surface area contributed by atoms with Crippen LogP contribution in [-0.4, -0.2) is 18.6 Å². The number of carbonyl (C=O) groups excluding carboxylic acids is 2. The van der Waals surface area contributed by atoms with Gasteiger partial charge in [0, 0.05) is 11.8 Å². The molecule has 0 unspecified atom stereocenters. The van der Waals surface area contributed by atoms with Crippen molar-refractivity contribution in [2.75, 3.05) is 17.0 Å². The smallest absolute Gasteiger partial charge is 0.282 e. The van der Waals surface area contributed by atoms with Crippen LogP contribution in [0.25, 0.3) is 5.57 Å². The molecule has 2 aliphatic rings. The van der Waals surface area contributed by atoms with Crippen LogP contribution in [0.2, 0.25) is 5.02 Å². The number of nitrogens with zero attached hydrogens (tertiary/aromatic N) is 1. The minimum atomic E-state index is -0.478. The first-order chi connectivity index (χ1) is 15.4. The molecule has 1 N–H and O–H groups in total. The molecule has 0 atom stereocenters. The van der Waals surface area contributed by atoms with Crippen LogP contribution < -0.4 is 19.7 Å². The van der Waals surface area contributed by atoms with E-state index in [0.717, 1.165) is 16.0 Å². The summed E-state index contributed by atoms with van der Waals surface area (Å²) in [7, 11) is 0. The lowest BCUT2D eigenvalue weighted by Crippen LogP contribution is -2.32. The molecular weight excluding hydrogens is 428 g/mol. The zero-order valence-electron chi connectivity index (χ0n) is 17.4. The quantitative estimate of drug-likeness (QED) is 0.566. The summed E-state index contributed by atoms with van der Waals surface area (Å²) in [5, 5.41) is 3.46. The van der Waals surface area contributed by atoms with Crippen molar-refractivity contribution in [2.24, 2.45) is 0 Å². The molecule has 32 heavy (non-hydrogen) atoms. The summed E-state index contributed by atoms with van der Waals surface area (Å²) < 4.78 is 10.8. The fourth-order valence-corrected chi connectivity index (χ4v) is 4.00. The van der Waals surface area contributed by atoms with Crippen LogP contribution in [0.1, 0.15) is 16.7 Å². The Morgan fingerprint density at radius 3 is 2.44 bits per heavy atom. The maximum Gasteiger partial charge on any atom is 0.282 e. The van der Waals surface area contributed by atoms with Gasteiger partial charge in [-0.25, -0.2) is 4.90 Å². The number of aryl methyl sites for hydroxylation is 2. The third kappa shape index (κ3) is 3.29. The summed E-state index contributed by atoms with van der Waals surface area (Å²) in [6, 6.07) is 17.8. The molecule has 2 aliphatic heterocycles. The van der Waals surface area contributed by atoms with Gasteiger partial charge in [-0.05, 0) is 54.8 Å². The molecule has 0 fully saturated rings. The van der Waals surface area contributed by atoms with Crippen LogP contribution in [0.5, 0.6) is 11.5 Å². The van der Waals surface area contributed by atoms with Crippen LogP contribution in [0.3, 0.4) is 0 Å². The van der Waals surface area contributed by atoms with Gasteiger partial charge in [-0.15, -0.1) is 0 Å². The van der Waals surface area contributed by atoms with E-state index in [2.05, 4.69) is 5.32 Å². The highest BCUT2D eigenvalue weighted by Crippen LogP contribution is 2.39. The Balaban J connectivity index is 1.63. The maximum absolute atomic E-state index is 13.6. The number of nitrogens with one attached hydrogen (secondary N) is 1. The fourth-order valence-electron chi connectivity index (χ4n) is 3.78. The van der Waals surface area contributed by atoms with Gasteiger partial charge < -0.3 is 14.8 Å². The molecule has 3 aromatic carbocycles. The van der Waals surface area contributed by atoms with Gasteiger partial charge in [0.1, 0.15) is 5.70 Å². The summed E-state index contributed by atoms with van der Waals surface area (Å²) >= 11 is 6.33. The van der Waals surface area contributed by atoms with E-state index in [1.165, 1.54) is 0 Å². The van der Waals surface area contributed by atoms with E-state index in [-0.39, 0.29) is 18.1 Å². The Morgan fingerprint density at radius 2 is 1.66 bits per heavy atom. The van der Waals surface area contributed by atoms with Crippen molar-refractivity contribution >= 4 is 40.4 Å². The third-order valence-electron chi connectivity index (χ3n) is 5.61. The minimum Gasteiger partial charge on any atom is -0.454 e. The second-order valence-electron chi connectivity index (χ2n) is 7.64. The molecule has 0 bridgehead atoms. The van der Waals surface area contributed by atoms with E-state index < -0.39 is 11.8 Å². The summed E-state index contributed by atoms with van der Waals surface area (Å²) in [4.78, 5) is 28.2. The monoisotopic (exact) mass is 446 g/mol. The summed E-state index contributed by atoms with van der Waals surface area (Å²) in [5.41, 5.74) is 4.19. The number of ether oxygens (including phenoxy) is 2. The van der Waals surface area contributed by atoms with Gasteiger partial charge in [0.25, 0.3) is 11.8 Å². The number of fused-ring (bicyclic) bond motifs is 1. The Hall–Kier alpha value is -3.77. The van der Waals surface area contributed by atoms with Crippen molar-refractivity contribution in [3.8, 4) is 11.5 Å². The van der Waals surface area contributed by atoms with Gasteiger partial charge >= 0.3 is 0 Å². The number of hydrogen-bond acceptors (Lipinski definition) is 5. The number of amides is 2. The highest BCUT2D eigenvalue weighted by molar-refractivity contribution is 6.48. The highest BCUT2D eigenvalue weighted by atomic mass is 35.5. The molecule has 2 amide bonds. The van der Waals surface area contributed by atoms with Gasteiger partial charge in [-0.1, -0.05) is 41.9 Å². The first kappa shape index (κ1) is 20.2. The summed E-state index contributed by atoms with van der Waals surface area (Å²) in [6.45, 7) is 4.11. The maximum atomic E-state index is 13.6. The average Bonchev–Trinajstić information content (AvgIpc) is 3.33. The zero-order chi connectivity index (χ0) is 22.4. The van der Waals surface area contributed by atoms with E-state index in [9.17, 15) is 9.59 Å². The van der Waals surface area contributed by atoms with Gasteiger partial charge in [0.05, 0.1) is 16.3 Å². The normalized spacial score (nSPS) is 15.0. The van der Waals surface area contributed by atoms with Crippen LogP contribution >= 0.6 is 11.6 Å². The topological polar surface area (TPSA) is 67.9 Å². The van der Waals surface area contributed by atoms with Crippen LogP contribution in [0.15, 0.2) is 66.4 Å². The number of para-hydroxylation sites is 1. The lowest BCUT2D eigenvalue weighted by molar-refractivity contribution is -0.120. The number of halogens is 1. The highest BCUT2D eigenvalue weighted by Gasteiger charge is 2.41. The van der Waals surface area contributed by atoms with E-state index >= 15 is 0 Å². The molecule has 0 saturated carbocycles. The van der Waals surface area contributed by atoms with Crippen molar-refractivity contribution in [1.29, 1.82) is 0 Å². The second-order valence-corrected chi connectivity index (χ2v) is 8.05. The largest absolute Gasteiger partial charge is 0.454 e. The summed E-state index contributed by atoms with van der Waals surface area (Å²) in [6.07, 6.45) is 0. The van der Waals surface area contributed by atoms with Crippen molar-refractivity contribution in [3.63, 3.8) is 0 Å².